The van der Waals surface area contributed by atoms with Crippen LogP contribution in [0, 0.1) is 0 Å². The fraction of sp³-hybridized carbons (Fsp3) is 0.917. The van der Waals surface area contributed by atoms with E-state index in [2.05, 4.69) is 9.64 Å². The number of unbranched alkanes of at least 4 members (excludes halogenated alkanes) is 2. The Morgan fingerprint density at radius 1 is 1.28 bits per heavy atom. The van der Waals surface area contributed by atoms with Gasteiger partial charge in [-0.15, -0.1) is 0 Å². The summed E-state index contributed by atoms with van der Waals surface area (Å²) in [6.07, 6.45) is 2.49. The Balaban J connectivity index is 1.94. The van der Waals surface area contributed by atoms with E-state index in [0.717, 1.165) is 45.7 Å². The van der Waals surface area contributed by atoms with Gasteiger partial charge in [-0.1, -0.05) is 0 Å². The van der Waals surface area contributed by atoms with Crippen LogP contribution in [0.3, 0.4) is 0 Å². The van der Waals surface area contributed by atoms with Crippen molar-refractivity contribution in [3.05, 3.63) is 0 Å². The maximum absolute atomic E-state index is 12.4. The quantitative estimate of drug-likeness (QED) is 0.518. The number of carbonyl (C=O) groups is 1. The topological polar surface area (TPSA) is 38.8 Å². The van der Waals surface area contributed by atoms with Crippen LogP contribution in [0.15, 0.2) is 0 Å². The number of alkyl halides is 2. The molecule has 0 aromatic rings. The zero-order chi connectivity index (χ0) is 13.4. The van der Waals surface area contributed by atoms with Crippen LogP contribution in [-0.2, 0) is 14.3 Å². The largest absolute Gasteiger partial charge is 0.461 e. The smallest absolute Gasteiger partial charge is 0.376 e. The second kappa shape index (κ2) is 7.63. The molecule has 1 heterocycles. The highest BCUT2D eigenvalue weighted by Crippen LogP contribution is 2.13. The summed E-state index contributed by atoms with van der Waals surface area (Å²) in [5.74, 6) is -4.82. The van der Waals surface area contributed by atoms with E-state index in [-0.39, 0.29) is 6.61 Å². The van der Waals surface area contributed by atoms with Crippen LogP contribution < -0.4 is 0 Å². The molecule has 0 spiro atoms. The van der Waals surface area contributed by atoms with E-state index in [4.69, 9.17) is 4.74 Å². The normalized spacial score (nSPS) is 17.7. The first kappa shape index (κ1) is 15.3. The van der Waals surface area contributed by atoms with Crippen molar-refractivity contribution in [3.8, 4) is 0 Å². The minimum atomic E-state index is -3.38. The number of halogens is 2. The SMILES string of the molecule is CC(F)(F)C(=O)OCCCCCN1CCOCC1. The standard InChI is InChI=1S/C12H21F2NO3/c1-12(13,14)11(16)18-8-4-2-3-5-15-6-9-17-10-7-15/h2-10H2,1H3. The van der Waals surface area contributed by atoms with Crippen molar-refractivity contribution in [1.29, 1.82) is 0 Å². The maximum atomic E-state index is 12.4. The molecule has 0 aromatic carbocycles. The molecule has 0 aromatic heterocycles. The molecular formula is C12H21F2NO3. The number of hydrogen-bond acceptors (Lipinski definition) is 4. The number of morpholine rings is 1. The third-order valence-electron chi connectivity index (χ3n) is 2.81. The van der Waals surface area contributed by atoms with Gasteiger partial charge >= 0.3 is 11.9 Å². The Hall–Kier alpha value is -0.750. The molecular weight excluding hydrogens is 244 g/mol. The molecule has 0 saturated carbocycles. The Bertz CT molecular complexity index is 250. The summed E-state index contributed by atoms with van der Waals surface area (Å²) in [4.78, 5) is 13.1. The third-order valence-corrected chi connectivity index (χ3v) is 2.81. The summed E-state index contributed by atoms with van der Waals surface area (Å²) in [5.41, 5.74) is 0. The van der Waals surface area contributed by atoms with Gasteiger partial charge in [-0.25, -0.2) is 4.79 Å². The predicted octanol–water partition coefficient (Wildman–Crippen LogP) is 1.69. The Morgan fingerprint density at radius 2 is 1.94 bits per heavy atom. The molecule has 0 atom stereocenters. The maximum Gasteiger partial charge on any atom is 0.376 e. The first-order valence-corrected chi connectivity index (χ1v) is 6.35. The molecule has 0 aliphatic carbocycles. The Morgan fingerprint density at radius 3 is 2.56 bits per heavy atom. The molecule has 6 heteroatoms. The minimum absolute atomic E-state index is 0.0748. The van der Waals surface area contributed by atoms with Gasteiger partial charge in [0, 0.05) is 20.0 Å². The van der Waals surface area contributed by atoms with Crippen LogP contribution in [0.5, 0.6) is 0 Å². The van der Waals surface area contributed by atoms with Crippen molar-refractivity contribution >= 4 is 5.97 Å². The first-order valence-electron chi connectivity index (χ1n) is 6.35. The molecule has 106 valence electrons. The lowest BCUT2D eigenvalue weighted by Gasteiger charge is -2.26. The molecule has 1 rings (SSSR count). The molecule has 0 bridgehead atoms. The van der Waals surface area contributed by atoms with E-state index < -0.39 is 11.9 Å². The average Bonchev–Trinajstić information content (AvgIpc) is 2.33. The van der Waals surface area contributed by atoms with Gasteiger partial charge in [0.15, 0.2) is 0 Å². The summed E-state index contributed by atoms with van der Waals surface area (Å²) >= 11 is 0. The fourth-order valence-electron chi connectivity index (χ4n) is 1.73. The van der Waals surface area contributed by atoms with Gasteiger partial charge in [-0.3, -0.25) is 4.90 Å². The number of nitrogens with zero attached hydrogens (tertiary/aromatic N) is 1. The van der Waals surface area contributed by atoms with Crippen LogP contribution in [0.1, 0.15) is 26.2 Å². The highest BCUT2D eigenvalue weighted by Gasteiger charge is 2.33. The van der Waals surface area contributed by atoms with Gasteiger partial charge in [0.25, 0.3) is 0 Å². The summed E-state index contributed by atoms with van der Waals surface area (Å²) in [5, 5.41) is 0. The lowest BCUT2D eigenvalue weighted by Crippen LogP contribution is -2.36. The molecule has 0 N–H and O–H groups in total. The summed E-state index contributed by atoms with van der Waals surface area (Å²) in [6.45, 7) is 5.08. The zero-order valence-electron chi connectivity index (χ0n) is 10.8. The minimum Gasteiger partial charge on any atom is -0.461 e. The van der Waals surface area contributed by atoms with Crippen LogP contribution in [-0.4, -0.2) is 56.2 Å². The average molecular weight is 265 g/mol. The van der Waals surface area contributed by atoms with E-state index in [1.165, 1.54) is 0 Å². The van der Waals surface area contributed by atoms with Crippen LogP contribution in [0.4, 0.5) is 8.78 Å². The lowest BCUT2D eigenvalue weighted by molar-refractivity contribution is -0.169. The molecule has 1 fully saturated rings. The van der Waals surface area contributed by atoms with Crippen molar-refractivity contribution in [2.45, 2.75) is 32.1 Å². The number of rotatable bonds is 7. The van der Waals surface area contributed by atoms with Gasteiger partial charge in [0.2, 0.25) is 0 Å². The van der Waals surface area contributed by atoms with Crippen molar-refractivity contribution in [2.75, 3.05) is 39.5 Å². The molecule has 1 saturated heterocycles. The zero-order valence-corrected chi connectivity index (χ0v) is 10.8. The van der Waals surface area contributed by atoms with Crippen molar-refractivity contribution < 1.29 is 23.0 Å². The number of carbonyl (C=O) groups excluding carboxylic acids is 1. The molecule has 0 amide bonds. The van der Waals surface area contributed by atoms with E-state index in [0.29, 0.717) is 13.3 Å². The highest BCUT2D eigenvalue weighted by molar-refractivity contribution is 5.76. The number of hydrogen-bond donors (Lipinski definition) is 0. The molecule has 1 aliphatic heterocycles. The second-order valence-corrected chi connectivity index (χ2v) is 4.54. The van der Waals surface area contributed by atoms with E-state index in [1.807, 2.05) is 0 Å². The van der Waals surface area contributed by atoms with E-state index >= 15 is 0 Å². The summed E-state index contributed by atoms with van der Waals surface area (Å²) in [7, 11) is 0. The van der Waals surface area contributed by atoms with Gasteiger partial charge in [0.05, 0.1) is 19.8 Å². The molecule has 4 nitrogen and oxygen atoms in total. The van der Waals surface area contributed by atoms with Crippen LogP contribution in [0.2, 0.25) is 0 Å². The molecule has 18 heavy (non-hydrogen) atoms. The van der Waals surface area contributed by atoms with Crippen molar-refractivity contribution in [1.82, 2.24) is 4.90 Å². The van der Waals surface area contributed by atoms with Gasteiger partial charge in [-0.2, -0.15) is 8.78 Å². The number of ether oxygens (including phenoxy) is 2. The van der Waals surface area contributed by atoms with Gasteiger partial charge in [0.1, 0.15) is 0 Å². The number of esters is 1. The van der Waals surface area contributed by atoms with Gasteiger partial charge in [-0.05, 0) is 25.8 Å². The summed E-state index contributed by atoms with van der Waals surface area (Å²) < 4.78 is 34.6. The molecule has 0 radical (unpaired) electrons. The molecule has 0 unspecified atom stereocenters. The lowest BCUT2D eigenvalue weighted by atomic mass is 10.2. The Labute approximate surface area is 106 Å². The third kappa shape index (κ3) is 6.26. The van der Waals surface area contributed by atoms with E-state index in [9.17, 15) is 13.6 Å². The second-order valence-electron chi connectivity index (χ2n) is 4.54. The highest BCUT2D eigenvalue weighted by atomic mass is 19.3. The monoisotopic (exact) mass is 265 g/mol. The Kier molecular flexibility index (Phi) is 6.49. The predicted molar refractivity (Wildman–Crippen MR) is 62.7 cm³/mol. The van der Waals surface area contributed by atoms with Crippen molar-refractivity contribution in [2.24, 2.45) is 0 Å². The van der Waals surface area contributed by atoms with Crippen molar-refractivity contribution in [3.63, 3.8) is 0 Å². The first-order chi connectivity index (χ1) is 8.50. The van der Waals surface area contributed by atoms with Gasteiger partial charge < -0.3 is 9.47 Å². The summed E-state index contributed by atoms with van der Waals surface area (Å²) in [6, 6.07) is 0. The van der Waals surface area contributed by atoms with Crippen LogP contribution in [0.25, 0.3) is 0 Å². The van der Waals surface area contributed by atoms with E-state index in [1.54, 1.807) is 0 Å². The van der Waals surface area contributed by atoms with Crippen LogP contribution >= 0.6 is 0 Å². The molecule has 1 aliphatic rings. The fourth-order valence-corrected chi connectivity index (χ4v) is 1.73.